The molecule has 0 rings (SSSR count). The summed E-state index contributed by atoms with van der Waals surface area (Å²) in [6, 6.07) is 0. The number of hydrogen-bond acceptors (Lipinski definition) is 10. The van der Waals surface area contributed by atoms with Gasteiger partial charge in [0.25, 0.3) is 0 Å². The van der Waals surface area contributed by atoms with Crippen molar-refractivity contribution in [1.82, 2.24) is 0 Å². The third-order valence-corrected chi connectivity index (χ3v) is 9.57. The molecule has 11 nitrogen and oxygen atoms in total. The molecule has 0 spiro atoms. The van der Waals surface area contributed by atoms with Crippen LogP contribution in [-0.2, 0) is 32.7 Å². The second kappa shape index (κ2) is 38.5. The van der Waals surface area contributed by atoms with E-state index in [1.807, 2.05) is 18.2 Å². The second-order valence-electron chi connectivity index (χ2n) is 13.8. The van der Waals surface area contributed by atoms with Crippen LogP contribution in [0.15, 0.2) is 60.8 Å². The van der Waals surface area contributed by atoms with E-state index in [9.17, 15) is 29.3 Å². The first-order chi connectivity index (χ1) is 26.6. The van der Waals surface area contributed by atoms with Crippen LogP contribution in [0.25, 0.3) is 0 Å². The molecule has 4 atom stereocenters. The molecule has 0 aliphatic heterocycles. The summed E-state index contributed by atoms with van der Waals surface area (Å²) in [6.45, 7) is 3.24. The molecule has 0 aromatic rings. The van der Waals surface area contributed by atoms with Crippen molar-refractivity contribution in [2.45, 2.75) is 173 Å². The van der Waals surface area contributed by atoms with Gasteiger partial charge in [-0.1, -0.05) is 126 Å². The van der Waals surface area contributed by atoms with E-state index in [4.69, 9.17) is 24.3 Å². The molecule has 0 fully saturated rings. The maximum Gasteiger partial charge on any atom is 0.472 e. The number of rotatable bonds is 38. The molecule has 0 aliphatic carbocycles. The largest absolute Gasteiger partial charge is 0.472 e. The fourth-order valence-electron chi connectivity index (χ4n) is 5.36. The number of ether oxygens (including phenoxy) is 2. The molecule has 0 aromatic carbocycles. The normalized spacial score (nSPS) is 15.1. The van der Waals surface area contributed by atoms with Crippen molar-refractivity contribution in [2.24, 2.45) is 5.73 Å². The fraction of sp³-hybridized carbons (Fsp3) is 0.721. The number of esters is 2. The highest BCUT2D eigenvalue weighted by atomic mass is 31.2. The van der Waals surface area contributed by atoms with Gasteiger partial charge in [0.1, 0.15) is 6.61 Å². The van der Waals surface area contributed by atoms with Gasteiger partial charge < -0.3 is 30.3 Å². The molecule has 318 valence electrons. The van der Waals surface area contributed by atoms with Crippen LogP contribution in [-0.4, -0.2) is 71.7 Å². The Balaban J connectivity index is 4.46. The van der Waals surface area contributed by atoms with Gasteiger partial charge in [-0.3, -0.25) is 18.6 Å². The number of allylic oxidation sites excluding steroid dienone is 9. The maximum absolute atomic E-state index is 12.6. The van der Waals surface area contributed by atoms with Gasteiger partial charge in [-0.05, 0) is 77.0 Å². The molecule has 1 unspecified atom stereocenters. The van der Waals surface area contributed by atoms with Gasteiger partial charge in [0.15, 0.2) is 6.10 Å². The van der Waals surface area contributed by atoms with Crippen LogP contribution in [0.2, 0.25) is 0 Å². The molecule has 0 bridgehead atoms. The molecular formula is C43H76NO10P. The van der Waals surface area contributed by atoms with Crippen LogP contribution in [0, 0.1) is 0 Å². The first-order valence-electron chi connectivity index (χ1n) is 20.9. The number of unbranched alkanes of at least 4 members (excludes halogenated alkanes) is 11. The molecule has 0 saturated carbocycles. The topological polar surface area (TPSA) is 175 Å². The number of phosphoric acid groups is 1. The second-order valence-corrected chi connectivity index (χ2v) is 15.2. The van der Waals surface area contributed by atoms with Gasteiger partial charge in [-0.2, -0.15) is 0 Å². The summed E-state index contributed by atoms with van der Waals surface area (Å²) in [5.41, 5.74) is 5.32. The Hall–Kier alpha value is -2.37. The number of carbonyl (C=O) groups is 2. The first kappa shape index (κ1) is 52.6. The lowest BCUT2D eigenvalue weighted by Crippen LogP contribution is -2.30. The van der Waals surface area contributed by atoms with E-state index in [0.717, 1.165) is 64.2 Å². The molecule has 0 heterocycles. The number of carbonyl (C=O) groups excluding carboxylic acids is 2. The van der Waals surface area contributed by atoms with Crippen molar-refractivity contribution in [2.75, 3.05) is 26.4 Å². The molecule has 12 heteroatoms. The zero-order chi connectivity index (χ0) is 40.7. The summed E-state index contributed by atoms with van der Waals surface area (Å²) in [5.74, 6) is -1.13. The Kier molecular flexibility index (Phi) is 36.8. The number of aliphatic hydroxyl groups excluding tert-OH is 2. The van der Waals surface area contributed by atoms with Crippen molar-refractivity contribution in [3.05, 3.63) is 60.8 Å². The van der Waals surface area contributed by atoms with Gasteiger partial charge in [-0.25, -0.2) is 4.57 Å². The Labute approximate surface area is 333 Å². The standard InChI is InChI=1S/C43H76NO10P/c1-3-5-7-9-11-13-15-17-18-19-21-23-25-27-29-33-42(47)51-37-39(38-53-55(49,50)52-36-35-44)54-43(48)34-30-32-41(46)40(45)31-28-26-24-22-20-16-14-12-10-8-6-4-2/h6,8,12,14,17-18,20,22,26,28,39-41,45-46H,3-5,7,9-11,13,15-16,19,21,23-25,27,29-38,44H2,1-2H3,(H,49,50)/b8-6-,14-12-,18-17-,22-20-,28-26-/t39-,40-,41-/m1/s1. The van der Waals surface area contributed by atoms with Crippen LogP contribution < -0.4 is 5.73 Å². The Morgan fingerprint density at radius 1 is 0.636 bits per heavy atom. The minimum absolute atomic E-state index is 0.00425. The summed E-state index contributed by atoms with van der Waals surface area (Å²) >= 11 is 0. The highest BCUT2D eigenvalue weighted by Gasteiger charge is 2.26. The van der Waals surface area contributed by atoms with Crippen molar-refractivity contribution < 1.29 is 47.8 Å². The molecule has 0 amide bonds. The lowest BCUT2D eigenvalue weighted by atomic mass is 10.0. The van der Waals surface area contributed by atoms with Crippen molar-refractivity contribution >= 4 is 19.8 Å². The van der Waals surface area contributed by atoms with Gasteiger partial charge in [0, 0.05) is 19.4 Å². The van der Waals surface area contributed by atoms with Gasteiger partial charge in [-0.15, -0.1) is 0 Å². The van der Waals surface area contributed by atoms with E-state index in [0.29, 0.717) is 6.42 Å². The van der Waals surface area contributed by atoms with Crippen LogP contribution in [0.3, 0.4) is 0 Å². The van der Waals surface area contributed by atoms with Crippen LogP contribution in [0.5, 0.6) is 0 Å². The SMILES string of the molecule is CC/C=C\C/C=C\C/C=C\C/C=C\C[C@@H](O)[C@H](O)CCCC(=O)O[C@H](COC(=O)CCCCCCC/C=C\CCCCCCCC)COP(=O)(O)OCCN. The highest BCUT2D eigenvalue weighted by Crippen LogP contribution is 2.43. The summed E-state index contributed by atoms with van der Waals surface area (Å²) in [7, 11) is -4.46. The maximum atomic E-state index is 12.6. The van der Waals surface area contributed by atoms with Gasteiger partial charge >= 0.3 is 19.8 Å². The summed E-state index contributed by atoms with van der Waals surface area (Å²) < 4.78 is 32.5. The number of nitrogens with two attached hydrogens (primary N) is 1. The van der Waals surface area contributed by atoms with Crippen LogP contribution in [0.1, 0.15) is 155 Å². The van der Waals surface area contributed by atoms with Crippen molar-refractivity contribution in [3.63, 3.8) is 0 Å². The van der Waals surface area contributed by atoms with E-state index in [-0.39, 0.29) is 51.9 Å². The number of aliphatic hydroxyl groups is 2. The average molecular weight is 798 g/mol. The molecule has 55 heavy (non-hydrogen) atoms. The van der Waals surface area contributed by atoms with Crippen LogP contribution in [0.4, 0.5) is 0 Å². The first-order valence-corrected chi connectivity index (χ1v) is 22.4. The quantitative estimate of drug-likeness (QED) is 0.0203. The van der Waals surface area contributed by atoms with E-state index < -0.39 is 44.7 Å². The summed E-state index contributed by atoms with van der Waals surface area (Å²) in [6.07, 6.45) is 37.1. The molecule has 0 radical (unpaired) electrons. The molecule has 0 saturated heterocycles. The minimum atomic E-state index is -4.46. The average Bonchev–Trinajstić information content (AvgIpc) is 3.16. The van der Waals surface area contributed by atoms with Crippen molar-refractivity contribution in [1.29, 1.82) is 0 Å². The summed E-state index contributed by atoms with van der Waals surface area (Å²) in [5, 5.41) is 20.7. The van der Waals surface area contributed by atoms with E-state index in [1.54, 1.807) is 0 Å². The molecule has 0 aliphatic rings. The minimum Gasteiger partial charge on any atom is -0.462 e. The van der Waals surface area contributed by atoms with E-state index >= 15 is 0 Å². The lowest BCUT2D eigenvalue weighted by molar-refractivity contribution is -0.161. The Morgan fingerprint density at radius 2 is 1.18 bits per heavy atom. The Morgan fingerprint density at radius 3 is 1.78 bits per heavy atom. The zero-order valence-corrected chi connectivity index (χ0v) is 35.0. The monoisotopic (exact) mass is 798 g/mol. The predicted molar refractivity (Wildman–Crippen MR) is 222 cm³/mol. The van der Waals surface area contributed by atoms with E-state index in [1.165, 1.54) is 38.5 Å². The fourth-order valence-corrected chi connectivity index (χ4v) is 6.13. The van der Waals surface area contributed by atoms with E-state index in [2.05, 4.69) is 56.4 Å². The summed E-state index contributed by atoms with van der Waals surface area (Å²) in [4.78, 5) is 34.9. The van der Waals surface area contributed by atoms with Crippen LogP contribution >= 0.6 is 7.82 Å². The molecule has 5 N–H and O–H groups in total. The van der Waals surface area contributed by atoms with Gasteiger partial charge in [0.05, 0.1) is 25.4 Å². The smallest absolute Gasteiger partial charge is 0.462 e. The lowest BCUT2D eigenvalue weighted by Gasteiger charge is -2.20. The highest BCUT2D eigenvalue weighted by molar-refractivity contribution is 7.47. The number of hydrogen-bond donors (Lipinski definition) is 4. The third-order valence-electron chi connectivity index (χ3n) is 8.59. The Bertz CT molecular complexity index is 1120. The van der Waals surface area contributed by atoms with Crippen molar-refractivity contribution in [3.8, 4) is 0 Å². The third kappa shape index (κ3) is 37.0. The van der Waals surface area contributed by atoms with Gasteiger partial charge in [0.2, 0.25) is 0 Å². The zero-order valence-electron chi connectivity index (χ0n) is 34.1. The number of phosphoric ester groups is 1. The molecule has 0 aromatic heterocycles. The predicted octanol–water partition coefficient (Wildman–Crippen LogP) is 9.66. The molecular weight excluding hydrogens is 721 g/mol.